The average Bonchev–Trinajstić information content (AvgIpc) is 2.89. The molecule has 1 N–H and O–H groups in total. The number of hydrogen-bond donors (Lipinski definition) is 1. The van der Waals surface area contributed by atoms with Gasteiger partial charge in [-0.2, -0.15) is 0 Å². The summed E-state index contributed by atoms with van der Waals surface area (Å²) < 4.78 is 3.15. The van der Waals surface area contributed by atoms with E-state index in [0.717, 1.165) is 11.3 Å². The zero-order valence-electron chi connectivity index (χ0n) is 12.7. The highest BCUT2D eigenvalue weighted by atomic mass is 32.1. The maximum atomic E-state index is 5.44. The number of H-pyrrole nitrogens is 1. The van der Waals surface area contributed by atoms with E-state index in [1.807, 2.05) is 0 Å². The molecule has 1 aromatic heterocycles. The molecule has 0 amide bonds. The summed E-state index contributed by atoms with van der Waals surface area (Å²) >= 11 is 5.44. The lowest BCUT2D eigenvalue weighted by molar-refractivity contribution is 0.268. The van der Waals surface area contributed by atoms with Crippen molar-refractivity contribution in [2.24, 2.45) is 5.92 Å². The van der Waals surface area contributed by atoms with Crippen LogP contribution in [-0.4, -0.2) is 34.1 Å². The first-order chi connectivity index (χ1) is 8.88. The fourth-order valence-corrected chi connectivity index (χ4v) is 3.21. The number of rotatable bonds is 4. The fourth-order valence-electron chi connectivity index (χ4n) is 2.97. The van der Waals surface area contributed by atoms with Crippen molar-refractivity contribution in [3.8, 4) is 0 Å². The minimum atomic E-state index is 0.140. The van der Waals surface area contributed by atoms with E-state index < -0.39 is 0 Å². The fraction of sp³-hybridized carbons (Fsp3) is 0.800. The average molecular weight is 281 g/mol. The van der Waals surface area contributed by atoms with Gasteiger partial charge in [0.1, 0.15) is 0 Å². The number of imidazole rings is 1. The predicted molar refractivity (Wildman–Crippen MR) is 83.2 cm³/mol. The third-order valence-corrected chi connectivity index (χ3v) is 4.24. The largest absolute Gasteiger partial charge is 0.337 e. The molecule has 1 saturated heterocycles. The van der Waals surface area contributed by atoms with Crippen LogP contribution >= 0.6 is 12.2 Å². The Morgan fingerprint density at radius 3 is 2.47 bits per heavy atom. The van der Waals surface area contributed by atoms with Gasteiger partial charge < -0.3 is 14.5 Å². The van der Waals surface area contributed by atoms with Crippen molar-refractivity contribution in [1.82, 2.24) is 14.5 Å². The molecule has 1 atom stereocenters. The van der Waals surface area contributed by atoms with E-state index in [0.29, 0.717) is 5.92 Å². The SMILES string of the molecule is CC(CN1CCCC1)Cn1c(C(C)(C)C)c[nH]c1=S. The van der Waals surface area contributed by atoms with E-state index in [-0.39, 0.29) is 5.41 Å². The van der Waals surface area contributed by atoms with Gasteiger partial charge in [-0.25, -0.2) is 0 Å². The lowest BCUT2D eigenvalue weighted by atomic mass is 9.92. The third kappa shape index (κ3) is 3.69. The summed E-state index contributed by atoms with van der Waals surface area (Å²) in [6.07, 6.45) is 4.80. The number of hydrogen-bond acceptors (Lipinski definition) is 2. The maximum absolute atomic E-state index is 5.44. The quantitative estimate of drug-likeness (QED) is 0.853. The Balaban J connectivity index is 2.05. The summed E-state index contributed by atoms with van der Waals surface area (Å²) in [5.41, 5.74) is 1.45. The Bertz CT molecular complexity index is 460. The summed E-state index contributed by atoms with van der Waals surface area (Å²) in [6, 6.07) is 0. The predicted octanol–water partition coefficient (Wildman–Crippen LogP) is 3.58. The van der Waals surface area contributed by atoms with Crippen molar-refractivity contribution >= 4 is 12.2 Å². The first kappa shape index (κ1) is 14.8. The van der Waals surface area contributed by atoms with Gasteiger partial charge in [-0.1, -0.05) is 27.7 Å². The van der Waals surface area contributed by atoms with E-state index >= 15 is 0 Å². The van der Waals surface area contributed by atoms with Gasteiger partial charge in [0.15, 0.2) is 4.77 Å². The molecule has 0 spiro atoms. The van der Waals surface area contributed by atoms with Gasteiger partial charge in [-0.15, -0.1) is 0 Å². The molecule has 4 heteroatoms. The lowest BCUT2D eigenvalue weighted by Gasteiger charge is -2.25. The van der Waals surface area contributed by atoms with Crippen LogP contribution in [0.3, 0.4) is 0 Å². The van der Waals surface area contributed by atoms with Crippen molar-refractivity contribution in [3.05, 3.63) is 16.7 Å². The summed E-state index contributed by atoms with van der Waals surface area (Å²) in [6.45, 7) is 13.8. The molecule has 108 valence electrons. The number of nitrogens with zero attached hydrogens (tertiary/aromatic N) is 2. The number of aromatic nitrogens is 2. The summed E-state index contributed by atoms with van der Waals surface area (Å²) in [5, 5.41) is 0. The van der Waals surface area contributed by atoms with Gasteiger partial charge in [-0.05, 0) is 44.1 Å². The van der Waals surface area contributed by atoms with E-state index in [1.165, 1.54) is 38.2 Å². The first-order valence-electron chi connectivity index (χ1n) is 7.39. The van der Waals surface area contributed by atoms with E-state index in [1.54, 1.807) is 0 Å². The van der Waals surface area contributed by atoms with Crippen LogP contribution in [0.1, 0.15) is 46.2 Å². The monoisotopic (exact) mass is 281 g/mol. The zero-order valence-corrected chi connectivity index (χ0v) is 13.5. The molecule has 1 fully saturated rings. The van der Waals surface area contributed by atoms with Crippen LogP contribution in [0.5, 0.6) is 0 Å². The lowest BCUT2D eigenvalue weighted by Crippen LogP contribution is -2.29. The molecule has 2 heterocycles. The van der Waals surface area contributed by atoms with E-state index in [9.17, 15) is 0 Å². The molecular formula is C15H27N3S. The van der Waals surface area contributed by atoms with Crippen molar-refractivity contribution < 1.29 is 0 Å². The number of aromatic amines is 1. The van der Waals surface area contributed by atoms with Crippen LogP contribution < -0.4 is 0 Å². The summed E-state index contributed by atoms with van der Waals surface area (Å²) in [5.74, 6) is 0.640. The second kappa shape index (κ2) is 5.80. The van der Waals surface area contributed by atoms with Gasteiger partial charge >= 0.3 is 0 Å². The van der Waals surface area contributed by atoms with Crippen molar-refractivity contribution in [2.45, 2.75) is 52.5 Å². The van der Waals surface area contributed by atoms with E-state index in [2.05, 4.69) is 48.3 Å². The molecule has 1 unspecified atom stereocenters. The normalized spacial score (nSPS) is 18.9. The van der Waals surface area contributed by atoms with Gasteiger partial charge in [0.2, 0.25) is 0 Å². The number of likely N-dealkylation sites (tertiary alicyclic amines) is 1. The molecule has 0 saturated carbocycles. The third-order valence-electron chi connectivity index (χ3n) is 3.90. The molecule has 0 aliphatic carbocycles. The van der Waals surface area contributed by atoms with Gasteiger partial charge in [-0.3, -0.25) is 0 Å². The van der Waals surface area contributed by atoms with Gasteiger partial charge in [0, 0.05) is 30.4 Å². The molecule has 1 aliphatic rings. The van der Waals surface area contributed by atoms with Crippen LogP contribution in [0.15, 0.2) is 6.20 Å². The number of nitrogens with one attached hydrogen (secondary N) is 1. The van der Waals surface area contributed by atoms with Crippen LogP contribution in [0.2, 0.25) is 0 Å². The Kier molecular flexibility index (Phi) is 4.51. The Labute approximate surface area is 122 Å². The Morgan fingerprint density at radius 2 is 1.89 bits per heavy atom. The van der Waals surface area contributed by atoms with Crippen molar-refractivity contribution in [2.75, 3.05) is 19.6 Å². The molecule has 3 nitrogen and oxygen atoms in total. The highest BCUT2D eigenvalue weighted by Gasteiger charge is 2.21. The van der Waals surface area contributed by atoms with Crippen LogP contribution in [0, 0.1) is 10.7 Å². The molecule has 0 radical (unpaired) electrons. The van der Waals surface area contributed by atoms with Gasteiger partial charge in [0.25, 0.3) is 0 Å². The van der Waals surface area contributed by atoms with E-state index in [4.69, 9.17) is 12.2 Å². The zero-order chi connectivity index (χ0) is 14.0. The summed E-state index contributed by atoms with van der Waals surface area (Å²) in [4.78, 5) is 5.79. The molecule has 0 aromatic carbocycles. The van der Waals surface area contributed by atoms with Gasteiger partial charge in [0.05, 0.1) is 0 Å². The maximum Gasteiger partial charge on any atom is 0.177 e. The second-order valence-corrected chi connectivity index (χ2v) is 7.34. The smallest absolute Gasteiger partial charge is 0.177 e. The van der Waals surface area contributed by atoms with Crippen LogP contribution in [0.4, 0.5) is 0 Å². The Hall–Kier alpha value is -0.610. The first-order valence-corrected chi connectivity index (χ1v) is 7.80. The molecule has 2 rings (SSSR count). The second-order valence-electron chi connectivity index (χ2n) is 6.95. The molecule has 1 aliphatic heterocycles. The minimum Gasteiger partial charge on any atom is -0.337 e. The highest BCUT2D eigenvalue weighted by molar-refractivity contribution is 7.71. The highest BCUT2D eigenvalue weighted by Crippen LogP contribution is 2.23. The summed E-state index contributed by atoms with van der Waals surface area (Å²) in [7, 11) is 0. The van der Waals surface area contributed by atoms with Crippen LogP contribution in [0.25, 0.3) is 0 Å². The molecule has 19 heavy (non-hydrogen) atoms. The Morgan fingerprint density at radius 1 is 1.26 bits per heavy atom. The minimum absolute atomic E-state index is 0.140. The molecular weight excluding hydrogens is 254 g/mol. The molecule has 0 bridgehead atoms. The van der Waals surface area contributed by atoms with Crippen molar-refractivity contribution in [3.63, 3.8) is 0 Å². The topological polar surface area (TPSA) is 24.0 Å². The standard InChI is InChI=1S/C15H27N3S/c1-12(10-17-7-5-6-8-17)11-18-13(15(2,3)4)9-16-14(18)19/h9,12H,5-8,10-11H2,1-4H3,(H,16,19). The van der Waals surface area contributed by atoms with Crippen molar-refractivity contribution in [1.29, 1.82) is 0 Å². The van der Waals surface area contributed by atoms with Crippen LogP contribution in [-0.2, 0) is 12.0 Å². The molecule has 1 aromatic rings.